The summed E-state index contributed by atoms with van der Waals surface area (Å²) in [6.07, 6.45) is 3.24. The molecule has 1 fully saturated rings. The van der Waals surface area contributed by atoms with Gasteiger partial charge in [0.05, 0.1) is 18.7 Å². The Balaban J connectivity index is 0.00000300. The summed E-state index contributed by atoms with van der Waals surface area (Å²) in [5.41, 5.74) is -0.278. The number of carboxylic acids is 1. The summed E-state index contributed by atoms with van der Waals surface area (Å²) in [5, 5.41) is 14.6. The summed E-state index contributed by atoms with van der Waals surface area (Å²) in [6.45, 7) is 2.47. The number of hydrogen-bond acceptors (Lipinski definition) is 7. The molecule has 3 N–H and O–H groups in total. The predicted octanol–water partition coefficient (Wildman–Crippen LogP) is 3.81. The SMILES string of the molecule is CCOc1cc2c(Oc3ccc(NC(=O)C4(C(=O)Nc5ccc(F)cc5)CC4)cc3F)ccnc2cc1OCCCCC(=O)O.[H-].[Li+]. The molecule has 3 aromatic carbocycles. The molecule has 236 valence electrons. The first-order chi connectivity index (χ1) is 21.7. The molecule has 5 rings (SSSR count). The van der Waals surface area contributed by atoms with Crippen molar-refractivity contribution in [3.05, 3.63) is 78.5 Å². The Morgan fingerprint density at radius 2 is 1.54 bits per heavy atom. The van der Waals surface area contributed by atoms with Gasteiger partial charge >= 0.3 is 24.8 Å². The minimum Gasteiger partial charge on any atom is -1.00 e. The maximum absolute atomic E-state index is 15.2. The van der Waals surface area contributed by atoms with Gasteiger partial charge in [-0.25, -0.2) is 8.78 Å². The summed E-state index contributed by atoms with van der Waals surface area (Å²) in [5.74, 6) is -2.08. The number of halogens is 2. The first-order valence-electron chi connectivity index (χ1n) is 14.4. The number of rotatable bonds is 14. The monoisotopic (exact) mass is 627 g/mol. The zero-order valence-electron chi connectivity index (χ0n) is 26.4. The number of carboxylic acid groups (broad SMARTS) is 1. The van der Waals surface area contributed by atoms with Crippen molar-refractivity contribution >= 4 is 40.1 Å². The number of nitrogens with one attached hydrogen (secondary N) is 2. The molecule has 1 aliphatic carbocycles. The van der Waals surface area contributed by atoms with Crippen molar-refractivity contribution < 1.29 is 62.8 Å². The quantitative estimate of drug-likeness (QED) is 0.109. The number of aliphatic carboxylic acids is 1. The number of nitrogens with zero attached hydrogens (tertiary/aromatic N) is 1. The van der Waals surface area contributed by atoms with Crippen molar-refractivity contribution in [1.29, 1.82) is 0 Å². The van der Waals surface area contributed by atoms with E-state index >= 15 is 4.39 Å². The van der Waals surface area contributed by atoms with E-state index in [-0.39, 0.29) is 38.1 Å². The van der Waals surface area contributed by atoms with Gasteiger partial charge in [0.1, 0.15) is 17.0 Å². The van der Waals surface area contributed by atoms with Crippen LogP contribution in [0.2, 0.25) is 0 Å². The Labute approximate surface area is 277 Å². The van der Waals surface area contributed by atoms with Crippen LogP contribution in [0.5, 0.6) is 23.0 Å². The van der Waals surface area contributed by atoms with E-state index in [0.29, 0.717) is 72.7 Å². The smallest absolute Gasteiger partial charge is 1.00 e. The molecule has 1 heterocycles. The van der Waals surface area contributed by atoms with Crippen LogP contribution in [-0.4, -0.2) is 41.1 Å². The molecule has 0 spiro atoms. The van der Waals surface area contributed by atoms with E-state index in [9.17, 15) is 18.8 Å². The van der Waals surface area contributed by atoms with Gasteiger partial charge in [0, 0.05) is 41.5 Å². The summed E-state index contributed by atoms with van der Waals surface area (Å²) in [7, 11) is 0. The molecule has 46 heavy (non-hydrogen) atoms. The van der Waals surface area contributed by atoms with Gasteiger partial charge in [-0.1, -0.05) is 0 Å². The van der Waals surface area contributed by atoms with Crippen LogP contribution in [0.1, 0.15) is 40.5 Å². The Kier molecular flexibility index (Phi) is 11.2. The molecule has 0 aliphatic heterocycles. The Bertz CT molecular complexity index is 1740. The van der Waals surface area contributed by atoms with Gasteiger partial charge in [-0.3, -0.25) is 19.4 Å². The predicted molar refractivity (Wildman–Crippen MR) is 163 cm³/mol. The second-order valence-corrected chi connectivity index (χ2v) is 10.5. The van der Waals surface area contributed by atoms with E-state index in [4.69, 9.17) is 19.3 Å². The van der Waals surface area contributed by atoms with Crippen LogP contribution < -0.4 is 43.7 Å². The third-order valence-electron chi connectivity index (χ3n) is 7.24. The van der Waals surface area contributed by atoms with Crippen LogP contribution in [0.25, 0.3) is 10.9 Å². The van der Waals surface area contributed by atoms with Crippen LogP contribution in [0.15, 0.2) is 66.9 Å². The van der Waals surface area contributed by atoms with Gasteiger partial charge in [0.25, 0.3) is 0 Å². The fraction of sp³-hybridized carbons (Fsp3) is 0.273. The molecule has 13 heteroatoms. The third-order valence-corrected chi connectivity index (χ3v) is 7.24. The van der Waals surface area contributed by atoms with Crippen molar-refractivity contribution in [2.75, 3.05) is 23.8 Å². The van der Waals surface area contributed by atoms with Gasteiger partial charge in [-0.2, -0.15) is 0 Å². The van der Waals surface area contributed by atoms with Crippen LogP contribution in [-0.2, 0) is 14.4 Å². The molecule has 1 saturated carbocycles. The van der Waals surface area contributed by atoms with Gasteiger partial charge in [-0.05, 0) is 81.1 Å². The van der Waals surface area contributed by atoms with E-state index in [1.54, 1.807) is 18.2 Å². The fourth-order valence-electron chi connectivity index (χ4n) is 4.66. The first-order valence-corrected chi connectivity index (χ1v) is 14.4. The average Bonchev–Trinajstić information content (AvgIpc) is 3.82. The van der Waals surface area contributed by atoms with Crippen LogP contribution in [0, 0.1) is 17.0 Å². The number of benzene rings is 3. The molecular formula is C33H32F2LiN3O7. The van der Waals surface area contributed by atoms with Gasteiger partial charge in [0.15, 0.2) is 23.1 Å². The molecule has 0 bridgehead atoms. The summed E-state index contributed by atoms with van der Waals surface area (Å²) < 4.78 is 45.9. The minimum absolute atomic E-state index is 0. The maximum atomic E-state index is 15.2. The Morgan fingerprint density at radius 1 is 0.870 bits per heavy atom. The zero-order chi connectivity index (χ0) is 32.0. The number of hydrogen-bond donors (Lipinski definition) is 3. The molecule has 10 nitrogen and oxygen atoms in total. The molecule has 1 aromatic heterocycles. The number of pyridine rings is 1. The van der Waals surface area contributed by atoms with E-state index in [1.807, 2.05) is 6.92 Å². The summed E-state index contributed by atoms with van der Waals surface area (Å²) in [4.78, 5) is 41.0. The molecule has 1 aliphatic rings. The van der Waals surface area contributed by atoms with Gasteiger partial charge < -0.3 is 31.4 Å². The first kappa shape index (κ1) is 34.2. The number of unbranched alkanes of at least 4 members (excludes halogenated alkanes) is 1. The normalized spacial score (nSPS) is 12.8. The largest absolute Gasteiger partial charge is 1.00 e. The molecule has 0 unspecified atom stereocenters. The zero-order valence-corrected chi connectivity index (χ0v) is 25.4. The fourth-order valence-corrected chi connectivity index (χ4v) is 4.66. The van der Waals surface area contributed by atoms with Crippen LogP contribution >= 0.6 is 0 Å². The molecule has 0 radical (unpaired) electrons. The van der Waals surface area contributed by atoms with Crippen molar-refractivity contribution in [3.8, 4) is 23.0 Å². The standard InChI is InChI=1S/C33H31F2N3O7.Li.H/c1-2-43-28-18-23-25(19-29(28)44-16-4-3-5-30(39)40)36-15-12-26(23)45-27-11-10-22(17-24(27)35)38-32(42)33(13-14-33)31(41)37-21-8-6-20(34)7-9-21;;/h6-12,15,17-19H,2-5,13-14,16H2,1H3,(H,37,41)(H,38,42)(H,39,40);;/q;+1;-1. The second-order valence-electron chi connectivity index (χ2n) is 10.5. The number of ether oxygens (including phenoxy) is 3. The number of amides is 2. The van der Waals surface area contributed by atoms with Gasteiger partial charge in [-0.15, -0.1) is 0 Å². The van der Waals surface area contributed by atoms with E-state index in [1.165, 1.54) is 42.6 Å². The number of fused-ring (bicyclic) bond motifs is 1. The number of aromatic nitrogens is 1. The third kappa shape index (κ3) is 8.13. The molecule has 0 atom stereocenters. The van der Waals surface area contributed by atoms with Crippen molar-refractivity contribution in [1.82, 2.24) is 4.98 Å². The average molecular weight is 628 g/mol. The van der Waals surface area contributed by atoms with Crippen molar-refractivity contribution in [2.24, 2.45) is 5.41 Å². The van der Waals surface area contributed by atoms with E-state index < -0.39 is 34.8 Å². The topological polar surface area (TPSA) is 136 Å². The Hall–Kier alpha value is -4.66. The van der Waals surface area contributed by atoms with E-state index in [0.717, 1.165) is 6.07 Å². The Morgan fingerprint density at radius 3 is 2.20 bits per heavy atom. The summed E-state index contributed by atoms with van der Waals surface area (Å²) >= 11 is 0. The van der Waals surface area contributed by atoms with Crippen LogP contribution in [0.4, 0.5) is 20.2 Å². The minimum atomic E-state index is -1.30. The number of carbonyl (C=O) groups is 3. The number of anilines is 2. The van der Waals surface area contributed by atoms with Gasteiger partial charge in [0.2, 0.25) is 11.8 Å². The summed E-state index contributed by atoms with van der Waals surface area (Å²) in [6, 6.07) is 14.1. The molecule has 0 saturated heterocycles. The van der Waals surface area contributed by atoms with Crippen molar-refractivity contribution in [3.63, 3.8) is 0 Å². The van der Waals surface area contributed by atoms with Crippen LogP contribution in [0.3, 0.4) is 0 Å². The van der Waals surface area contributed by atoms with E-state index in [2.05, 4.69) is 15.6 Å². The molecular weight excluding hydrogens is 595 g/mol. The maximum Gasteiger partial charge on any atom is 1.00 e. The molecule has 4 aromatic rings. The molecule has 2 amide bonds. The van der Waals surface area contributed by atoms with Crippen molar-refractivity contribution in [2.45, 2.75) is 39.0 Å². The second kappa shape index (κ2) is 15.1. The number of carbonyl (C=O) groups excluding carboxylic acids is 2.